The van der Waals surface area contributed by atoms with E-state index in [9.17, 15) is 13.6 Å². The van der Waals surface area contributed by atoms with Gasteiger partial charge in [0.05, 0.1) is 5.41 Å². The highest BCUT2D eigenvalue weighted by molar-refractivity contribution is 5.86. The first kappa shape index (κ1) is 20.6. The number of halogens is 2. The van der Waals surface area contributed by atoms with Crippen molar-refractivity contribution in [2.45, 2.75) is 56.4 Å². The summed E-state index contributed by atoms with van der Waals surface area (Å²) < 4.78 is 26.9. The summed E-state index contributed by atoms with van der Waals surface area (Å²) in [6, 6.07) is 14.1. The SMILES string of the molecule is O=C1NC[C@H](c2ccc(F)cc2)C12CCN([C@@H]1CCCC[C@@H]1c1ccc(F)cc1)CC2. The van der Waals surface area contributed by atoms with Crippen molar-refractivity contribution in [3.63, 3.8) is 0 Å². The number of piperidine rings is 1. The summed E-state index contributed by atoms with van der Waals surface area (Å²) in [4.78, 5) is 15.5. The minimum atomic E-state index is -0.394. The molecule has 2 aliphatic heterocycles. The molecule has 5 rings (SSSR count). The van der Waals surface area contributed by atoms with Gasteiger partial charge < -0.3 is 5.32 Å². The van der Waals surface area contributed by atoms with Gasteiger partial charge in [-0.2, -0.15) is 0 Å². The van der Waals surface area contributed by atoms with Gasteiger partial charge in [0.1, 0.15) is 11.6 Å². The minimum absolute atomic E-state index is 0.0991. The van der Waals surface area contributed by atoms with Crippen LogP contribution in [-0.4, -0.2) is 36.5 Å². The summed E-state index contributed by atoms with van der Waals surface area (Å²) in [6.07, 6.45) is 6.38. The summed E-state index contributed by atoms with van der Waals surface area (Å²) >= 11 is 0. The fourth-order valence-corrected chi connectivity index (χ4v) is 6.33. The molecule has 2 saturated heterocycles. The van der Waals surface area contributed by atoms with E-state index in [0.717, 1.165) is 44.3 Å². The number of rotatable bonds is 3. The molecule has 1 N–H and O–H groups in total. The van der Waals surface area contributed by atoms with Crippen LogP contribution < -0.4 is 5.32 Å². The molecule has 0 bridgehead atoms. The minimum Gasteiger partial charge on any atom is -0.355 e. The van der Waals surface area contributed by atoms with Crippen molar-refractivity contribution >= 4 is 5.91 Å². The third kappa shape index (κ3) is 3.78. The molecular weight excluding hydrogens is 394 g/mol. The van der Waals surface area contributed by atoms with E-state index in [1.807, 2.05) is 24.3 Å². The van der Waals surface area contributed by atoms with E-state index >= 15 is 0 Å². The standard InChI is InChI=1S/C26H30F2N2O/c27-20-9-5-18(6-10-20)22-3-1-2-4-24(22)30-15-13-26(14-16-30)23(17-29-25(26)31)19-7-11-21(28)12-8-19/h5-12,22-24H,1-4,13-17H2,(H,29,31)/t22-,23-,24-/m1/s1. The summed E-state index contributed by atoms with van der Waals surface area (Å²) in [5, 5.41) is 3.09. The van der Waals surface area contributed by atoms with Crippen LogP contribution in [0.4, 0.5) is 8.78 Å². The van der Waals surface area contributed by atoms with Crippen LogP contribution in [0.3, 0.4) is 0 Å². The number of amides is 1. The topological polar surface area (TPSA) is 32.3 Å². The molecule has 1 spiro atoms. The van der Waals surface area contributed by atoms with Gasteiger partial charge in [0.15, 0.2) is 0 Å². The number of carbonyl (C=O) groups is 1. The van der Waals surface area contributed by atoms with Gasteiger partial charge in [0, 0.05) is 18.5 Å². The second-order valence-corrected chi connectivity index (χ2v) is 9.52. The molecule has 0 unspecified atom stereocenters. The number of likely N-dealkylation sites (tertiary alicyclic amines) is 1. The van der Waals surface area contributed by atoms with E-state index in [1.54, 1.807) is 12.1 Å². The Balaban J connectivity index is 1.34. The summed E-state index contributed by atoms with van der Waals surface area (Å²) in [5.41, 5.74) is 1.89. The van der Waals surface area contributed by atoms with Gasteiger partial charge in [-0.15, -0.1) is 0 Å². The normalized spacial score (nSPS) is 28.6. The smallest absolute Gasteiger partial charge is 0.227 e. The van der Waals surface area contributed by atoms with Crippen LogP contribution in [-0.2, 0) is 4.79 Å². The summed E-state index contributed by atoms with van der Waals surface area (Å²) in [6.45, 7) is 2.42. The molecule has 3 aliphatic rings. The van der Waals surface area contributed by atoms with Crippen molar-refractivity contribution in [3.8, 4) is 0 Å². The first-order valence-electron chi connectivity index (χ1n) is 11.6. The van der Waals surface area contributed by atoms with E-state index < -0.39 is 5.41 Å². The van der Waals surface area contributed by atoms with Crippen molar-refractivity contribution in [1.29, 1.82) is 0 Å². The number of nitrogens with one attached hydrogen (secondary N) is 1. The number of hydrogen-bond acceptors (Lipinski definition) is 2. The van der Waals surface area contributed by atoms with Crippen LogP contribution >= 0.6 is 0 Å². The van der Waals surface area contributed by atoms with E-state index in [1.165, 1.54) is 30.5 Å². The number of benzene rings is 2. The Kier molecular flexibility index (Phi) is 5.55. The zero-order valence-corrected chi connectivity index (χ0v) is 17.8. The Hall–Kier alpha value is -2.27. The Bertz CT molecular complexity index is 919. The van der Waals surface area contributed by atoms with Crippen LogP contribution in [0.5, 0.6) is 0 Å². The van der Waals surface area contributed by atoms with Crippen LogP contribution in [0.15, 0.2) is 48.5 Å². The fourth-order valence-electron chi connectivity index (χ4n) is 6.33. The molecule has 3 fully saturated rings. The van der Waals surface area contributed by atoms with Crippen molar-refractivity contribution in [2.24, 2.45) is 5.41 Å². The molecule has 1 aliphatic carbocycles. The highest BCUT2D eigenvalue weighted by atomic mass is 19.1. The Labute approximate surface area is 182 Å². The Morgan fingerprint density at radius 2 is 1.42 bits per heavy atom. The lowest BCUT2D eigenvalue weighted by atomic mass is 9.67. The monoisotopic (exact) mass is 424 g/mol. The van der Waals surface area contributed by atoms with Crippen molar-refractivity contribution in [3.05, 3.63) is 71.3 Å². The highest BCUT2D eigenvalue weighted by Gasteiger charge is 2.52. The third-order valence-corrected chi connectivity index (χ3v) is 8.05. The number of carbonyl (C=O) groups excluding carboxylic acids is 1. The van der Waals surface area contributed by atoms with Crippen LogP contribution in [0, 0.1) is 17.0 Å². The first-order chi connectivity index (χ1) is 15.1. The lowest BCUT2D eigenvalue weighted by molar-refractivity contribution is -0.131. The van der Waals surface area contributed by atoms with Gasteiger partial charge in [-0.05, 0) is 80.1 Å². The van der Waals surface area contributed by atoms with Gasteiger partial charge in [-0.25, -0.2) is 8.78 Å². The molecule has 31 heavy (non-hydrogen) atoms. The zero-order chi connectivity index (χ0) is 21.4. The quantitative estimate of drug-likeness (QED) is 0.753. The van der Waals surface area contributed by atoms with Crippen LogP contribution in [0.2, 0.25) is 0 Å². The van der Waals surface area contributed by atoms with Gasteiger partial charge in [0.25, 0.3) is 0 Å². The Morgan fingerprint density at radius 3 is 2.06 bits per heavy atom. The van der Waals surface area contributed by atoms with Crippen molar-refractivity contribution in [1.82, 2.24) is 10.2 Å². The molecule has 1 saturated carbocycles. The molecular formula is C26H30F2N2O. The molecule has 2 aromatic rings. The fraction of sp³-hybridized carbons (Fsp3) is 0.500. The predicted molar refractivity (Wildman–Crippen MR) is 117 cm³/mol. The van der Waals surface area contributed by atoms with Crippen LogP contribution in [0.1, 0.15) is 61.5 Å². The van der Waals surface area contributed by atoms with Crippen molar-refractivity contribution in [2.75, 3.05) is 19.6 Å². The van der Waals surface area contributed by atoms with Gasteiger partial charge >= 0.3 is 0 Å². The first-order valence-corrected chi connectivity index (χ1v) is 11.6. The molecule has 0 radical (unpaired) electrons. The van der Waals surface area contributed by atoms with Crippen molar-refractivity contribution < 1.29 is 13.6 Å². The maximum absolute atomic E-state index is 13.4. The summed E-state index contributed by atoms with van der Waals surface area (Å²) in [5.74, 6) is 0.250. The average molecular weight is 425 g/mol. The predicted octanol–water partition coefficient (Wildman–Crippen LogP) is 4.99. The maximum atomic E-state index is 13.4. The number of nitrogens with zero attached hydrogens (tertiary/aromatic N) is 1. The average Bonchev–Trinajstić information content (AvgIpc) is 3.11. The molecule has 2 heterocycles. The van der Waals surface area contributed by atoms with E-state index in [0.29, 0.717) is 18.5 Å². The summed E-state index contributed by atoms with van der Waals surface area (Å²) in [7, 11) is 0. The third-order valence-electron chi connectivity index (χ3n) is 8.05. The lowest BCUT2D eigenvalue weighted by Gasteiger charge is -2.47. The van der Waals surface area contributed by atoms with Gasteiger partial charge in [0.2, 0.25) is 5.91 Å². The maximum Gasteiger partial charge on any atom is 0.227 e. The molecule has 5 heteroatoms. The molecule has 3 atom stereocenters. The lowest BCUT2D eigenvalue weighted by Crippen LogP contribution is -2.51. The molecule has 2 aromatic carbocycles. The second-order valence-electron chi connectivity index (χ2n) is 9.52. The molecule has 164 valence electrons. The van der Waals surface area contributed by atoms with E-state index in [2.05, 4.69) is 10.2 Å². The number of hydrogen-bond donors (Lipinski definition) is 1. The Morgan fingerprint density at radius 1 is 0.839 bits per heavy atom. The van der Waals surface area contributed by atoms with E-state index in [4.69, 9.17) is 0 Å². The van der Waals surface area contributed by atoms with E-state index in [-0.39, 0.29) is 23.5 Å². The van der Waals surface area contributed by atoms with Gasteiger partial charge in [-0.3, -0.25) is 9.69 Å². The molecule has 1 amide bonds. The molecule has 3 nitrogen and oxygen atoms in total. The molecule has 0 aromatic heterocycles. The second kappa shape index (κ2) is 8.34. The zero-order valence-electron chi connectivity index (χ0n) is 17.8. The van der Waals surface area contributed by atoms with Crippen LogP contribution in [0.25, 0.3) is 0 Å². The van der Waals surface area contributed by atoms with Gasteiger partial charge in [-0.1, -0.05) is 37.1 Å². The highest BCUT2D eigenvalue weighted by Crippen LogP contribution is 2.49. The largest absolute Gasteiger partial charge is 0.355 e.